The Bertz CT molecular complexity index is 701. The number of hydrogen-bond acceptors (Lipinski definition) is 5. The highest BCUT2D eigenvalue weighted by Crippen LogP contribution is 2.27. The van der Waals surface area contributed by atoms with Crippen LogP contribution in [0.5, 0.6) is 0 Å². The summed E-state index contributed by atoms with van der Waals surface area (Å²) in [6, 6.07) is 0. The first kappa shape index (κ1) is 16.4. The van der Waals surface area contributed by atoms with Crippen LogP contribution in [0.1, 0.15) is 32.1 Å². The second kappa shape index (κ2) is 6.87. The standard InChI is InChI=1S/C15H20N2O5/c1-3-5-9(4-2)10-7-17(15(21)16-14(10)20)13-6-11(19)12(8-18)22-13/h3-5,7,11-13,18-19H,6,8H2,1-2H3,(H,16,20,21)/b5-3-,9-4+/t11-,12+,13+/m1/s1. The van der Waals surface area contributed by atoms with Crippen LogP contribution in [-0.4, -0.2) is 38.6 Å². The van der Waals surface area contributed by atoms with Crippen LogP contribution in [0.3, 0.4) is 0 Å². The van der Waals surface area contributed by atoms with Crippen molar-refractivity contribution < 1.29 is 14.9 Å². The van der Waals surface area contributed by atoms with E-state index in [4.69, 9.17) is 9.84 Å². The van der Waals surface area contributed by atoms with Crippen LogP contribution in [0.4, 0.5) is 0 Å². The van der Waals surface area contributed by atoms with Crippen molar-refractivity contribution in [3.63, 3.8) is 0 Å². The zero-order valence-electron chi connectivity index (χ0n) is 12.5. The molecule has 3 atom stereocenters. The molecule has 3 N–H and O–H groups in total. The van der Waals surface area contributed by atoms with Crippen LogP contribution in [0.2, 0.25) is 0 Å². The van der Waals surface area contributed by atoms with Crippen LogP contribution in [0, 0.1) is 0 Å². The second-order valence-corrected chi connectivity index (χ2v) is 5.07. The first-order chi connectivity index (χ1) is 10.5. The largest absolute Gasteiger partial charge is 0.394 e. The molecule has 7 nitrogen and oxygen atoms in total. The Morgan fingerprint density at radius 1 is 1.50 bits per heavy atom. The molecule has 0 saturated carbocycles. The Labute approximate surface area is 127 Å². The van der Waals surface area contributed by atoms with Gasteiger partial charge in [0.15, 0.2) is 0 Å². The molecule has 0 spiro atoms. The van der Waals surface area contributed by atoms with Gasteiger partial charge in [0.05, 0.1) is 18.3 Å². The van der Waals surface area contributed by atoms with Gasteiger partial charge in [0.25, 0.3) is 5.56 Å². The average molecular weight is 308 g/mol. The smallest absolute Gasteiger partial charge is 0.330 e. The van der Waals surface area contributed by atoms with Crippen molar-refractivity contribution in [1.82, 2.24) is 9.55 Å². The maximum absolute atomic E-state index is 12.0. The van der Waals surface area contributed by atoms with Gasteiger partial charge < -0.3 is 14.9 Å². The lowest BCUT2D eigenvalue weighted by Crippen LogP contribution is -2.34. The van der Waals surface area contributed by atoms with Gasteiger partial charge >= 0.3 is 5.69 Å². The molecule has 1 fully saturated rings. The van der Waals surface area contributed by atoms with E-state index in [1.807, 2.05) is 6.92 Å². The van der Waals surface area contributed by atoms with Crippen LogP contribution in [0.25, 0.3) is 5.57 Å². The van der Waals surface area contributed by atoms with Gasteiger partial charge in [0, 0.05) is 12.6 Å². The van der Waals surface area contributed by atoms with Crippen molar-refractivity contribution in [2.75, 3.05) is 6.61 Å². The van der Waals surface area contributed by atoms with Crippen molar-refractivity contribution in [1.29, 1.82) is 0 Å². The minimum atomic E-state index is -0.853. The molecule has 0 unspecified atom stereocenters. The Morgan fingerprint density at radius 2 is 2.23 bits per heavy atom. The maximum atomic E-state index is 12.0. The van der Waals surface area contributed by atoms with E-state index in [1.54, 1.807) is 25.2 Å². The molecule has 0 bridgehead atoms. The maximum Gasteiger partial charge on any atom is 0.330 e. The first-order valence-corrected chi connectivity index (χ1v) is 7.11. The zero-order chi connectivity index (χ0) is 16.3. The number of aromatic nitrogens is 2. The van der Waals surface area contributed by atoms with Crippen molar-refractivity contribution in [2.45, 2.75) is 38.7 Å². The van der Waals surface area contributed by atoms with Gasteiger partial charge in [-0.1, -0.05) is 18.2 Å². The van der Waals surface area contributed by atoms with Crippen molar-refractivity contribution in [3.05, 3.63) is 50.8 Å². The molecule has 2 rings (SSSR count). The average Bonchev–Trinajstić information content (AvgIpc) is 2.86. The number of nitrogens with one attached hydrogen (secondary N) is 1. The molecule has 1 aromatic rings. The highest BCUT2D eigenvalue weighted by molar-refractivity contribution is 5.72. The fraction of sp³-hybridized carbons (Fsp3) is 0.467. The Kier molecular flexibility index (Phi) is 5.12. The zero-order valence-corrected chi connectivity index (χ0v) is 12.5. The SMILES string of the molecule is C/C=C\C(=C/C)c1cn([C@@H]2C[C@@H](O)[C@H](CO)O2)c(=O)[nH]c1=O. The lowest BCUT2D eigenvalue weighted by molar-refractivity contribution is -0.0459. The van der Waals surface area contributed by atoms with Gasteiger partial charge in [-0.15, -0.1) is 0 Å². The number of allylic oxidation sites excluding steroid dienone is 4. The number of hydrogen-bond donors (Lipinski definition) is 3. The first-order valence-electron chi connectivity index (χ1n) is 7.11. The Hall–Kier alpha value is -1.96. The molecule has 0 amide bonds. The van der Waals surface area contributed by atoms with Crippen LogP contribution in [0.15, 0.2) is 34.0 Å². The molecular weight excluding hydrogens is 288 g/mol. The van der Waals surface area contributed by atoms with Crippen LogP contribution < -0.4 is 11.2 Å². The quantitative estimate of drug-likeness (QED) is 0.687. The van der Waals surface area contributed by atoms with Gasteiger partial charge in [-0.3, -0.25) is 14.3 Å². The Balaban J connectivity index is 2.46. The predicted octanol–water partition coefficient (Wildman–Crippen LogP) is 0.157. The number of nitrogens with zero attached hydrogens (tertiary/aromatic N) is 1. The molecule has 1 saturated heterocycles. The minimum absolute atomic E-state index is 0.172. The van der Waals surface area contributed by atoms with E-state index in [-0.39, 0.29) is 13.0 Å². The van der Waals surface area contributed by atoms with Gasteiger partial charge in [-0.05, 0) is 19.4 Å². The molecule has 1 aliphatic rings. The summed E-state index contributed by atoms with van der Waals surface area (Å²) in [5, 5.41) is 18.9. The number of aliphatic hydroxyl groups is 2. The summed E-state index contributed by atoms with van der Waals surface area (Å²) in [6.07, 6.45) is 4.61. The molecule has 7 heteroatoms. The highest BCUT2D eigenvalue weighted by atomic mass is 16.5. The van der Waals surface area contributed by atoms with E-state index < -0.39 is 29.7 Å². The van der Waals surface area contributed by atoms with E-state index in [0.717, 1.165) is 0 Å². The number of aromatic amines is 1. The van der Waals surface area contributed by atoms with Gasteiger partial charge in [-0.2, -0.15) is 0 Å². The number of rotatable bonds is 4. The summed E-state index contributed by atoms with van der Waals surface area (Å²) in [5.41, 5.74) is -0.0781. The molecule has 22 heavy (non-hydrogen) atoms. The third kappa shape index (κ3) is 3.11. The van der Waals surface area contributed by atoms with Gasteiger partial charge in [0.1, 0.15) is 12.3 Å². The molecule has 1 aromatic heterocycles. The van der Waals surface area contributed by atoms with Crippen LogP contribution >= 0.6 is 0 Å². The third-order valence-corrected chi connectivity index (χ3v) is 3.63. The van der Waals surface area contributed by atoms with E-state index in [0.29, 0.717) is 11.1 Å². The molecule has 2 heterocycles. The summed E-state index contributed by atoms with van der Waals surface area (Å²) < 4.78 is 6.70. The fourth-order valence-electron chi connectivity index (χ4n) is 2.48. The number of aliphatic hydroxyl groups excluding tert-OH is 2. The van der Waals surface area contributed by atoms with Crippen LogP contribution in [-0.2, 0) is 4.74 Å². The van der Waals surface area contributed by atoms with E-state index in [9.17, 15) is 14.7 Å². The summed E-state index contributed by atoms with van der Waals surface area (Å²) >= 11 is 0. The summed E-state index contributed by atoms with van der Waals surface area (Å²) in [6.45, 7) is 3.29. The lowest BCUT2D eigenvalue weighted by Gasteiger charge is -2.15. The molecule has 120 valence electrons. The van der Waals surface area contributed by atoms with E-state index >= 15 is 0 Å². The van der Waals surface area contributed by atoms with Gasteiger partial charge in [-0.25, -0.2) is 4.79 Å². The van der Waals surface area contributed by atoms with E-state index in [1.165, 1.54) is 10.8 Å². The normalized spacial score (nSPS) is 26.0. The Morgan fingerprint density at radius 3 is 2.77 bits per heavy atom. The summed E-state index contributed by atoms with van der Waals surface area (Å²) in [5.74, 6) is 0. The molecule has 0 aromatic carbocycles. The molecule has 0 aliphatic carbocycles. The van der Waals surface area contributed by atoms with Crippen molar-refractivity contribution in [3.8, 4) is 0 Å². The highest BCUT2D eigenvalue weighted by Gasteiger charge is 2.35. The van der Waals surface area contributed by atoms with Crippen molar-refractivity contribution >= 4 is 5.57 Å². The minimum Gasteiger partial charge on any atom is -0.394 e. The number of ether oxygens (including phenoxy) is 1. The predicted molar refractivity (Wildman–Crippen MR) is 81.4 cm³/mol. The molecule has 0 radical (unpaired) electrons. The van der Waals surface area contributed by atoms with Gasteiger partial charge in [0.2, 0.25) is 0 Å². The number of H-pyrrole nitrogens is 1. The fourth-order valence-corrected chi connectivity index (χ4v) is 2.48. The monoisotopic (exact) mass is 308 g/mol. The molecular formula is C15H20N2O5. The second-order valence-electron chi connectivity index (χ2n) is 5.07. The van der Waals surface area contributed by atoms with E-state index in [2.05, 4.69) is 4.98 Å². The summed E-state index contributed by atoms with van der Waals surface area (Å²) in [7, 11) is 0. The lowest BCUT2D eigenvalue weighted by atomic mass is 10.1. The van der Waals surface area contributed by atoms with Crippen molar-refractivity contribution in [2.24, 2.45) is 0 Å². The summed E-state index contributed by atoms with van der Waals surface area (Å²) in [4.78, 5) is 26.2. The third-order valence-electron chi connectivity index (χ3n) is 3.63. The topological polar surface area (TPSA) is 105 Å². The molecule has 1 aliphatic heterocycles.